The third-order valence-electron chi connectivity index (χ3n) is 2.32. The molecule has 1 aromatic heterocycles. The molecule has 5 nitrogen and oxygen atoms in total. The molecule has 0 spiro atoms. The van der Waals surface area contributed by atoms with Crippen LogP contribution >= 0.6 is 11.3 Å². The molecule has 0 saturated carbocycles. The summed E-state index contributed by atoms with van der Waals surface area (Å²) in [5.74, 6) is 4.45. The number of para-hydroxylation sites is 1. The molecule has 0 aliphatic heterocycles. The molecule has 2 aromatic rings. The van der Waals surface area contributed by atoms with Crippen LogP contribution in [0.25, 0.3) is 0 Å². The Balaban J connectivity index is 1.88. The van der Waals surface area contributed by atoms with Gasteiger partial charge in [-0.05, 0) is 12.1 Å². The minimum atomic E-state index is -0.398. The van der Waals surface area contributed by atoms with Crippen molar-refractivity contribution in [2.75, 3.05) is 6.61 Å². The number of rotatable bonds is 5. The number of nitrogens with one attached hydrogen (secondary N) is 1. The SMILES string of the molecule is NNC(=O)c1cnc(CCOc2ccccc2F)s1. The molecular formula is C12H12FN3O2S. The molecule has 0 aliphatic rings. The molecule has 1 aromatic carbocycles. The van der Waals surface area contributed by atoms with Crippen molar-refractivity contribution in [2.24, 2.45) is 5.84 Å². The maximum atomic E-state index is 13.3. The van der Waals surface area contributed by atoms with Crippen molar-refractivity contribution in [3.05, 3.63) is 46.2 Å². The van der Waals surface area contributed by atoms with Gasteiger partial charge in [0.1, 0.15) is 4.88 Å². The van der Waals surface area contributed by atoms with Gasteiger partial charge in [0.15, 0.2) is 11.6 Å². The number of hydrazine groups is 1. The van der Waals surface area contributed by atoms with Crippen molar-refractivity contribution in [3.8, 4) is 5.75 Å². The van der Waals surface area contributed by atoms with Crippen LogP contribution in [-0.4, -0.2) is 17.5 Å². The molecule has 0 atom stereocenters. The van der Waals surface area contributed by atoms with Crippen LogP contribution in [0.2, 0.25) is 0 Å². The summed E-state index contributed by atoms with van der Waals surface area (Å²) >= 11 is 1.23. The number of nitrogen functional groups attached to an aromatic ring is 1. The molecule has 3 N–H and O–H groups in total. The van der Waals surface area contributed by atoms with E-state index < -0.39 is 5.82 Å². The van der Waals surface area contributed by atoms with Crippen LogP contribution in [0.15, 0.2) is 30.5 Å². The number of hydrogen-bond donors (Lipinski definition) is 2. The number of amides is 1. The summed E-state index contributed by atoms with van der Waals surface area (Å²) in [6.07, 6.45) is 1.95. The van der Waals surface area contributed by atoms with Gasteiger partial charge in [-0.2, -0.15) is 0 Å². The standard InChI is InChI=1S/C12H12FN3O2S/c13-8-3-1-2-4-9(8)18-6-5-11-15-7-10(19-11)12(17)16-14/h1-4,7H,5-6,14H2,(H,16,17). The second kappa shape index (κ2) is 6.26. The van der Waals surface area contributed by atoms with Crippen molar-refractivity contribution in [2.45, 2.75) is 6.42 Å². The first kappa shape index (κ1) is 13.4. The van der Waals surface area contributed by atoms with Gasteiger partial charge < -0.3 is 4.74 Å². The Labute approximate surface area is 113 Å². The van der Waals surface area contributed by atoms with Crippen LogP contribution in [-0.2, 0) is 6.42 Å². The quantitative estimate of drug-likeness (QED) is 0.495. The van der Waals surface area contributed by atoms with E-state index in [1.54, 1.807) is 18.2 Å². The first-order valence-corrected chi connectivity index (χ1v) is 6.35. The van der Waals surface area contributed by atoms with Crippen LogP contribution in [0.3, 0.4) is 0 Å². The van der Waals surface area contributed by atoms with E-state index in [4.69, 9.17) is 10.6 Å². The highest BCUT2D eigenvalue weighted by Crippen LogP contribution is 2.17. The largest absolute Gasteiger partial charge is 0.490 e. The van der Waals surface area contributed by atoms with Crippen molar-refractivity contribution in [1.82, 2.24) is 10.4 Å². The second-order valence-electron chi connectivity index (χ2n) is 3.62. The van der Waals surface area contributed by atoms with Crippen LogP contribution in [0, 0.1) is 5.82 Å². The normalized spacial score (nSPS) is 10.2. The Morgan fingerprint density at radius 1 is 1.47 bits per heavy atom. The van der Waals surface area contributed by atoms with Gasteiger partial charge in [0.2, 0.25) is 0 Å². The second-order valence-corrected chi connectivity index (χ2v) is 4.74. The highest BCUT2D eigenvalue weighted by molar-refractivity contribution is 7.13. The zero-order valence-corrected chi connectivity index (χ0v) is 10.7. The molecule has 0 fully saturated rings. The lowest BCUT2D eigenvalue weighted by atomic mass is 10.3. The Morgan fingerprint density at radius 2 is 2.26 bits per heavy atom. The number of aromatic nitrogens is 1. The van der Waals surface area contributed by atoms with Gasteiger partial charge in [-0.15, -0.1) is 11.3 Å². The molecule has 1 amide bonds. The molecule has 0 unspecified atom stereocenters. The third-order valence-corrected chi connectivity index (χ3v) is 3.37. The van der Waals surface area contributed by atoms with E-state index in [1.165, 1.54) is 23.6 Å². The van der Waals surface area contributed by atoms with Crippen LogP contribution in [0.4, 0.5) is 4.39 Å². The number of carbonyl (C=O) groups excluding carboxylic acids is 1. The van der Waals surface area contributed by atoms with Crippen LogP contribution in [0.5, 0.6) is 5.75 Å². The van der Waals surface area contributed by atoms with E-state index in [1.807, 2.05) is 5.43 Å². The number of halogens is 1. The number of thiazole rings is 1. The maximum Gasteiger partial charge on any atom is 0.276 e. The number of nitrogens with two attached hydrogens (primary N) is 1. The van der Waals surface area contributed by atoms with E-state index in [0.29, 0.717) is 11.3 Å². The lowest BCUT2D eigenvalue weighted by Crippen LogP contribution is -2.29. The third kappa shape index (κ3) is 3.49. The monoisotopic (exact) mass is 281 g/mol. The van der Waals surface area contributed by atoms with Crippen molar-refractivity contribution in [3.63, 3.8) is 0 Å². The highest BCUT2D eigenvalue weighted by atomic mass is 32.1. The Hall–Kier alpha value is -1.99. The molecule has 19 heavy (non-hydrogen) atoms. The average molecular weight is 281 g/mol. The maximum absolute atomic E-state index is 13.3. The fraction of sp³-hybridized carbons (Fsp3) is 0.167. The van der Waals surface area contributed by atoms with E-state index in [9.17, 15) is 9.18 Å². The van der Waals surface area contributed by atoms with Crippen LogP contribution < -0.4 is 16.0 Å². The Kier molecular flexibility index (Phi) is 4.43. The zero-order valence-electron chi connectivity index (χ0n) is 9.93. The van der Waals surface area contributed by atoms with Gasteiger partial charge in [-0.3, -0.25) is 10.2 Å². The summed E-state index contributed by atoms with van der Waals surface area (Å²) < 4.78 is 18.6. The number of hydrogen-bond acceptors (Lipinski definition) is 5. The first-order chi connectivity index (χ1) is 9.20. The summed E-state index contributed by atoms with van der Waals surface area (Å²) in [5.41, 5.74) is 2.03. The topological polar surface area (TPSA) is 77.2 Å². The predicted molar refractivity (Wildman–Crippen MR) is 69.4 cm³/mol. The summed E-state index contributed by atoms with van der Waals surface area (Å²) in [4.78, 5) is 15.7. The van der Waals surface area contributed by atoms with E-state index in [0.717, 1.165) is 5.01 Å². The lowest BCUT2D eigenvalue weighted by molar-refractivity contribution is 0.0957. The summed E-state index contributed by atoms with van der Waals surface area (Å²) in [6, 6.07) is 6.19. The molecule has 0 radical (unpaired) electrons. The Bertz CT molecular complexity index is 574. The van der Waals surface area contributed by atoms with Crippen molar-refractivity contribution in [1.29, 1.82) is 0 Å². The van der Waals surface area contributed by atoms with Gasteiger partial charge in [0.25, 0.3) is 5.91 Å². The van der Waals surface area contributed by atoms with Gasteiger partial charge in [0, 0.05) is 6.42 Å². The lowest BCUT2D eigenvalue weighted by Gasteiger charge is -2.05. The molecule has 0 aliphatic carbocycles. The van der Waals surface area contributed by atoms with Crippen molar-refractivity contribution < 1.29 is 13.9 Å². The molecule has 7 heteroatoms. The zero-order chi connectivity index (χ0) is 13.7. The smallest absolute Gasteiger partial charge is 0.276 e. The molecule has 1 heterocycles. The van der Waals surface area contributed by atoms with Crippen LogP contribution in [0.1, 0.15) is 14.7 Å². The number of carbonyl (C=O) groups is 1. The van der Waals surface area contributed by atoms with Crippen molar-refractivity contribution >= 4 is 17.2 Å². The minimum absolute atomic E-state index is 0.207. The van der Waals surface area contributed by atoms with E-state index in [2.05, 4.69) is 4.98 Å². The van der Waals surface area contributed by atoms with Gasteiger partial charge >= 0.3 is 0 Å². The van der Waals surface area contributed by atoms with Gasteiger partial charge in [-0.1, -0.05) is 12.1 Å². The van der Waals surface area contributed by atoms with E-state index >= 15 is 0 Å². The number of benzene rings is 1. The molecule has 0 bridgehead atoms. The Morgan fingerprint density at radius 3 is 3.00 bits per heavy atom. The first-order valence-electron chi connectivity index (χ1n) is 5.53. The number of nitrogens with zero attached hydrogens (tertiary/aromatic N) is 1. The van der Waals surface area contributed by atoms with Gasteiger partial charge in [0.05, 0.1) is 17.8 Å². The fourth-order valence-electron chi connectivity index (χ4n) is 1.41. The van der Waals surface area contributed by atoms with E-state index in [-0.39, 0.29) is 18.3 Å². The molecule has 0 saturated heterocycles. The summed E-state index contributed by atoms with van der Waals surface area (Å²) in [5, 5.41) is 0.731. The predicted octanol–water partition coefficient (Wildman–Crippen LogP) is 1.51. The molecule has 2 rings (SSSR count). The molecular weight excluding hydrogens is 269 g/mol. The summed E-state index contributed by atoms with van der Waals surface area (Å²) in [7, 11) is 0. The summed E-state index contributed by atoms with van der Waals surface area (Å²) in [6.45, 7) is 0.290. The molecule has 100 valence electrons. The van der Waals surface area contributed by atoms with Gasteiger partial charge in [-0.25, -0.2) is 15.2 Å². The average Bonchev–Trinajstić information content (AvgIpc) is 2.89. The fourth-order valence-corrected chi connectivity index (χ4v) is 2.21. The highest BCUT2D eigenvalue weighted by Gasteiger charge is 2.09. The number of ether oxygens (including phenoxy) is 1. The minimum Gasteiger partial charge on any atom is -0.490 e.